The molecule has 0 radical (unpaired) electrons. The number of hydrogen-bond donors (Lipinski definition) is 1. The Labute approximate surface area is 87.2 Å². The van der Waals surface area contributed by atoms with E-state index < -0.39 is 0 Å². The van der Waals surface area contributed by atoms with Crippen LogP contribution in [0.1, 0.15) is 24.6 Å². The molecule has 0 spiro atoms. The summed E-state index contributed by atoms with van der Waals surface area (Å²) in [5, 5.41) is 0. The topological polar surface area (TPSA) is 64.9 Å². The highest BCUT2D eigenvalue weighted by molar-refractivity contribution is 5.56. The first kappa shape index (κ1) is 8.47. The minimum absolute atomic E-state index is 0.502. The van der Waals surface area contributed by atoms with Gasteiger partial charge in [-0.2, -0.15) is 0 Å². The van der Waals surface area contributed by atoms with Gasteiger partial charge in [-0.25, -0.2) is 9.97 Å². The summed E-state index contributed by atoms with van der Waals surface area (Å²) < 4.78 is 5.28. The summed E-state index contributed by atoms with van der Waals surface area (Å²) in [7, 11) is 0. The van der Waals surface area contributed by atoms with Crippen molar-refractivity contribution in [2.24, 2.45) is 0 Å². The van der Waals surface area contributed by atoms with E-state index in [1.807, 2.05) is 12.1 Å². The van der Waals surface area contributed by atoms with Crippen LogP contribution in [-0.4, -0.2) is 9.97 Å². The van der Waals surface area contributed by atoms with Gasteiger partial charge in [0, 0.05) is 12.0 Å². The molecule has 3 rings (SSSR count). The second-order valence-electron chi connectivity index (χ2n) is 3.79. The quantitative estimate of drug-likeness (QED) is 0.808. The summed E-state index contributed by atoms with van der Waals surface area (Å²) in [5.74, 6) is 2.60. The third-order valence-electron chi connectivity index (χ3n) is 2.48. The highest BCUT2D eigenvalue weighted by atomic mass is 16.3. The fraction of sp³-hybridized carbons (Fsp3) is 0.273. The lowest BCUT2D eigenvalue weighted by Gasteiger charge is -2.02. The molecule has 0 bridgehead atoms. The zero-order chi connectivity index (χ0) is 10.3. The molecule has 0 aliphatic heterocycles. The lowest BCUT2D eigenvalue weighted by Crippen LogP contribution is -1.99. The predicted octanol–water partition coefficient (Wildman–Crippen LogP) is 2.20. The van der Waals surface area contributed by atoms with Crippen molar-refractivity contribution in [2.75, 3.05) is 5.73 Å². The molecule has 2 aromatic rings. The molecule has 2 heterocycles. The molecule has 0 amide bonds. The van der Waals surface area contributed by atoms with Gasteiger partial charge in [-0.1, -0.05) is 0 Å². The minimum atomic E-state index is 0.502. The molecule has 0 aromatic carbocycles. The Hall–Kier alpha value is -1.84. The number of nitrogens with zero attached hydrogens (tertiary/aromatic N) is 2. The van der Waals surface area contributed by atoms with E-state index in [9.17, 15) is 0 Å². The Morgan fingerprint density at radius 2 is 2.20 bits per heavy atom. The first-order valence-corrected chi connectivity index (χ1v) is 5.01. The highest BCUT2D eigenvalue weighted by Gasteiger charge is 2.27. The molecular formula is C11H11N3O. The van der Waals surface area contributed by atoms with Gasteiger partial charge in [0.2, 0.25) is 0 Å². The van der Waals surface area contributed by atoms with E-state index in [0.29, 0.717) is 11.7 Å². The Kier molecular flexibility index (Phi) is 1.74. The van der Waals surface area contributed by atoms with Gasteiger partial charge in [0.25, 0.3) is 0 Å². The molecule has 2 aromatic heterocycles. The SMILES string of the molecule is Nc1cc(-c2ccco2)nc(C2CC2)n1. The van der Waals surface area contributed by atoms with E-state index >= 15 is 0 Å². The summed E-state index contributed by atoms with van der Waals surface area (Å²) in [6, 6.07) is 5.45. The van der Waals surface area contributed by atoms with Crippen molar-refractivity contribution >= 4 is 5.82 Å². The smallest absolute Gasteiger partial charge is 0.152 e. The number of nitrogen functional groups attached to an aromatic ring is 1. The van der Waals surface area contributed by atoms with E-state index in [2.05, 4.69) is 9.97 Å². The largest absolute Gasteiger partial charge is 0.463 e. The minimum Gasteiger partial charge on any atom is -0.463 e. The molecule has 0 atom stereocenters. The zero-order valence-corrected chi connectivity index (χ0v) is 8.18. The van der Waals surface area contributed by atoms with Crippen LogP contribution in [-0.2, 0) is 0 Å². The van der Waals surface area contributed by atoms with Crippen molar-refractivity contribution in [3.63, 3.8) is 0 Å². The van der Waals surface area contributed by atoms with Crippen molar-refractivity contribution < 1.29 is 4.42 Å². The van der Waals surface area contributed by atoms with Crippen LogP contribution in [0.2, 0.25) is 0 Å². The van der Waals surface area contributed by atoms with E-state index in [1.54, 1.807) is 12.3 Å². The number of furan rings is 1. The highest BCUT2D eigenvalue weighted by Crippen LogP contribution is 2.38. The first-order valence-electron chi connectivity index (χ1n) is 5.01. The summed E-state index contributed by atoms with van der Waals surface area (Å²) in [5.41, 5.74) is 6.51. The second-order valence-corrected chi connectivity index (χ2v) is 3.79. The van der Waals surface area contributed by atoms with Gasteiger partial charge in [-0.15, -0.1) is 0 Å². The summed E-state index contributed by atoms with van der Waals surface area (Å²) in [4.78, 5) is 8.68. The Morgan fingerprint density at radius 1 is 1.33 bits per heavy atom. The average molecular weight is 201 g/mol. The maximum atomic E-state index is 5.74. The van der Waals surface area contributed by atoms with Crippen LogP contribution in [0.3, 0.4) is 0 Å². The van der Waals surface area contributed by atoms with Crippen molar-refractivity contribution in [3.05, 3.63) is 30.3 Å². The molecule has 1 fully saturated rings. The van der Waals surface area contributed by atoms with E-state index in [-0.39, 0.29) is 0 Å². The van der Waals surface area contributed by atoms with Gasteiger partial charge >= 0.3 is 0 Å². The van der Waals surface area contributed by atoms with Crippen LogP contribution >= 0.6 is 0 Å². The molecule has 1 saturated carbocycles. The fourth-order valence-corrected chi connectivity index (χ4v) is 1.56. The number of anilines is 1. The lowest BCUT2D eigenvalue weighted by atomic mass is 10.3. The standard InChI is InChI=1S/C11H11N3O/c12-10-6-8(9-2-1-5-15-9)13-11(14-10)7-3-4-7/h1-2,5-7H,3-4H2,(H2,12,13,14). The molecule has 4 heteroatoms. The predicted molar refractivity (Wildman–Crippen MR) is 56.1 cm³/mol. The Morgan fingerprint density at radius 3 is 2.87 bits per heavy atom. The van der Waals surface area contributed by atoms with Gasteiger partial charge in [0.05, 0.1) is 6.26 Å². The maximum Gasteiger partial charge on any atom is 0.152 e. The van der Waals surface area contributed by atoms with Gasteiger partial charge in [-0.05, 0) is 25.0 Å². The first-order chi connectivity index (χ1) is 7.33. The monoisotopic (exact) mass is 201 g/mol. The van der Waals surface area contributed by atoms with E-state index in [4.69, 9.17) is 10.2 Å². The third kappa shape index (κ3) is 1.58. The Bertz CT molecular complexity index is 475. The van der Waals surface area contributed by atoms with Crippen molar-refractivity contribution in [3.8, 4) is 11.5 Å². The Balaban J connectivity index is 2.07. The molecule has 4 nitrogen and oxygen atoms in total. The van der Waals surface area contributed by atoms with Crippen LogP contribution in [0, 0.1) is 0 Å². The maximum absolute atomic E-state index is 5.74. The molecule has 76 valence electrons. The van der Waals surface area contributed by atoms with Crippen molar-refractivity contribution in [2.45, 2.75) is 18.8 Å². The van der Waals surface area contributed by atoms with E-state index in [1.165, 1.54) is 12.8 Å². The van der Waals surface area contributed by atoms with Crippen LogP contribution in [0.15, 0.2) is 28.9 Å². The summed E-state index contributed by atoms with van der Waals surface area (Å²) >= 11 is 0. The van der Waals surface area contributed by atoms with Crippen molar-refractivity contribution in [1.29, 1.82) is 0 Å². The van der Waals surface area contributed by atoms with Crippen LogP contribution in [0.4, 0.5) is 5.82 Å². The van der Waals surface area contributed by atoms with Gasteiger partial charge < -0.3 is 10.2 Å². The second kappa shape index (κ2) is 3.08. The molecule has 0 saturated heterocycles. The zero-order valence-electron chi connectivity index (χ0n) is 8.18. The average Bonchev–Trinajstić information content (AvgIpc) is 2.93. The summed E-state index contributed by atoms with van der Waals surface area (Å²) in [6.45, 7) is 0. The molecule has 1 aliphatic carbocycles. The van der Waals surface area contributed by atoms with Gasteiger partial charge in [0.1, 0.15) is 17.3 Å². The van der Waals surface area contributed by atoms with Crippen molar-refractivity contribution in [1.82, 2.24) is 9.97 Å². The fourth-order valence-electron chi connectivity index (χ4n) is 1.56. The number of aromatic nitrogens is 2. The van der Waals surface area contributed by atoms with Crippen LogP contribution in [0.5, 0.6) is 0 Å². The molecule has 2 N–H and O–H groups in total. The normalized spacial score (nSPS) is 15.5. The van der Waals surface area contributed by atoms with Crippen LogP contribution in [0.25, 0.3) is 11.5 Å². The molecular weight excluding hydrogens is 190 g/mol. The number of rotatable bonds is 2. The summed E-state index contributed by atoms with van der Waals surface area (Å²) in [6.07, 6.45) is 3.96. The third-order valence-corrected chi connectivity index (χ3v) is 2.48. The molecule has 0 unspecified atom stereocenters. The lowest BCUT2D eigenvalue weighted by molar-refractivity contribution is 0.579. The van der Waals surface area contributed by atoms with Gasteiger partial charge in [-0.3, -0.25) is 0 Å². The number of nitrogens with two attached hydrogens (primary N) is 1. The molecule has 15 heavy (non-hydrogen) atoms. The van der Waals surface area contributed by atoms with Crippen LogP contribution < -0.4 is 5.73 Å². The van der Waals surface area contributed by atoms with E-state index in [0.717, 1.165) is 17.3 Å². The van der Waals surface area contributed by atoms with Gasteiger partial charge in [0.15, 0.2) is 5.76 Å². The number of hydrogen-bond acceptors (Lipinski definition) is 4. The molecule has 1 aliphatic rings.